The number of carbonyl (C=O) groups is 2. The van der Waals surface area contributed by atoms with E-state index in [0.29, 0.717) is 27.1 Å². The Morgan fingerprint density at radius 1 is 1.17 bits per heavy atom. The minimum atomic E-state index is -0.446. The number of rotatable bonds is 7. The highest BCUT2D eigenvalue weighted by molar-refractivity contribution is 7.17. The van der Waals surface area contributed by atoms with E-state index in [4.69, 9.17) is 9.47 Å². The number of esters is 1. The molecule has 1 N–H and O–H groups in total. The molecule has 0 fully saturated rings. The van der Waals surface area contributed by atoms with Gasteiger partial charge in [0.05, 0.1) is 17.9 Å². The van der Waals surface area contributed by atoms with E-state index in [1.165, 1.54) is 6.20 Å². The van der Waals surface area contributed by atoms with Crippen LogP contribution >= 0.6 is 11.3 Å². The van der Waals surface area contributed by atoms with Crippen molar-refractivity contribution in [1.29, 1.82) is 0 Å². The van der Waals surface area contributed by atoms with Gasteiger partial charge in [-0.2, -0.15) is 0 Å². The quantitative estimate of drug-likeness (QED) is 0.579. The Balaban J connectivity index is 1.63. The minimum absolute atomic E-state index is 0.164. The number of nitrogens with zero attached hydrogens (tertiary/aromatic N) is 2. The number of hydrogen-bond donors (Lipinski definition) is 1. The molecule has 1 aromatic carbocycles. The molecule has 0 unspecified atom stereocenters. The van der Waals surface area contributed by atoms with Crippen molar-refractivity contribution >= 4 is 28.3 Å². The smallest absolute Gasteiger partial charge is 0.350 e. The second-order valence-electron chi connectivity index (χ2n) is 6.16. The Morgan fingerprint density at radius 3 is 2.59 bits per heavy atom. The number of ether oxygens (including phenoxy) is 2. The topological polar surface area (TPSA) is 90.4 Å². The fraction of sp³-hybridized carbons (Fsp3) is 0.238. The summed E-state index contributed by atoms with van der Waals surface area (Å²) < 4.78 is 10.8. The van der Waals surface area contributed by atoms with Crippen LogP contribution in [-0.4, -0.2) is 28.5 Å². The van der Waals surface area contributed by atoms with Crippen LogP contribution < -0.4 is 10.1 Å². The van der Waals surface area contributed by atoms with E-state index in [9.17, 15) is 9.59 Å². The van der Waals surface area contributed by atoms with Crippen molar-refractivity contribution in [2.75, 3.05) is 11.9 Å². The van der Waals surface area contributed by atoms with Gasteiger partial charge in [0.1, 0.15) is 11.0 Å². The summed E-state index contributed by atoms with van der Waals surface area (Å²) in [5, 5.41) is 3.01. The first-order valence-corrected chi connectivity index (χ1v) is 9.93. The number of anilines is 1. The predicted molar refractivity (Wildman–Crippen MR) is 110 cm³/mol. The molecule has 1 amide bonds. The van der Waals surface area contributed by atoms with Crippen LogP contribution in [0.5, 0.6) is 5.88 Å². The second-order valence-corrected chi connectivity index (χ2v) is 7.16. The SMILES string of the molecule is CCOC(=O)c1sc(NC(=O)c2ccc(O[C@H](C)c3ccccc3)nc2)nc1C. The largest absolute Gasteiger partial charge is 0.470 e. The van der Waals surface area contributed by atoms with E-state index < -0.39 is 5.97 Å². The first-order valence-electron chi connectivity index (χ1n) is 9.11. The van der Waals surface area contributed by atoms with Crippen LogP contribution in [0, 0.1) is 6.92 Å². The summed E-state index contributed by atoms with van der Waals surface area (Å²) in [4.78, 5) is 33.1. The second kappa shape index (κ2) is 9.29. The molecule has 1 atom stereocenters. The highest BCUT2D eigenvalue weighted by atomic mass is 32.1. The lowest BCUT2D eigenvalue weighted by Gasteiger charge is -2.14. The van der Waals surface area contributed by atoms with Crippen molar-refractivity contribution in [3.63, 3.8) is 0 Å². The van der Waals surface area contributed by atoms with Crippen molar-refractivity contribution in [1.82, 2.24) is 9.97 Å². The van der Waals surface area contributed by atoms with Gasteiger partial charge in [-0.3, -0.25) is 10.1 Å². The maximum absolute atomic E-state index is 12.4. The van der Waals surface area contributed by atoms with Crippen molar-refractivity contribution in [3.05, 3.63) is 70.4 Å². The van der Waals surface area contributed by atoms with E-state index in [2.05, 4.69) is 15.3 Å². The van der Waals surface area contributed by atoms with Gasteiger partial charge in [0.2, 0.25) is 5.88 Å². The lowest BCUT2D eigenvalue weighted by Crippen LogP contribution is -2.12. The Hall–Kier alpha value is -3.26. The molecule has 3 rings (SSSR count). The van der Waals surface area contributed by atoms with Crippen molar-refractivity contribution < 1.29 is 19.1 Å². The summed E-state index contributed by atoms with van der Waals surface area (Å²) in [6, 6.07) is 13.1. The Labute approximate surface area is 172 Å². The molecule has 0 bridgehead atoms. The molecule has 2 heterocycles. The zero-order chi connectivity index (χ0) is 20.8. The van der Waals surface area contributed by atoms with Crippen LogP contribution in [0.15, 0.2) is 48.7 Å². The number of thiazole rings is 1. The molecule has 0 aliphatic carbocycles. The van der Waals surface area contributed by atoms with Gasteiger partial charge in [-0.05, 0) is 32.4 Å². The molecule has 8 heteroatoms. The van der Waals surface area contributed by atoms with Crippen LogP contribution in [0.1, 0.15) is 51.2 Å². The summed E-state index contributed by atoms with van der Waals surface area (Å²) in [5.41, 5.74) is 1.91. The third-order valence-electron chi connectivity index (χ3n) is 4.04. The van der Waals surface area contributed by atoms with Gasteiger partial charge in [-0.25, -0.2) is 14.8 Å². The van der Waals surface area contributed by atoms with Gasteiger partial charge >= 0.3 is 5.97 Å². The first kappa shape index (κ1) is 20.5. The number of hydrogen-bond acceptors (Lipinski definition) is 7. The van der Waals surface area contributed by atoms with E-state index in [1.807, 2.05) is 37.3 Å². The van der Waals surface area contributed by atoms with Gasteiger partial charge in [-0.15, -0.1) is 0 Å². The Bertz CT molecular complexity index is 987. The Kier molecular flexibility index (Phi) is 6.56. The van der Waals surface area contributed by atoms with E-state index >= 15 is 0 Å². The third kappa shape index (κ3) is 5.17. The number of aryl methyl sites for hydroxylation is 1. The van der Waals surface area contributed by atoms with Crippen LogP contribution in [0.4, 0.5) is 5.13 Å². The first-order chi connectivity index (χ1) is 14.0. The van der Waals surface area contributed by atoms with Gasteiger partial charge < -0.3 is 9.47 Å². The number of amides is 1. The molecule has 0 spiro atoms. The monoisotopic (exact) mass is 411 g/mol. The normalized spacial score (nSPS) is 11.6. The summed E-state index contributed by atoms with van der Waals surface area (Å²) in [5.74, 6) is -0.393. The standard InChI is InChI=1S/C21H21N3O4S/c1-4-27-20(26)18-13(2)23-21(29-18)24-19(25)16-10-11-17(22-12-16)28-14(3)15-8-6-5-7-9-15/h5-12,14H,4H2,1-3H3,(H,23,24,25)/t14-/m1/s1. The van der Waals surface area contributed by atoms with E-state index in [-0.39, 0.29) is 18.6 Å². The zero-order valence-corrected chi connectivity index (χ0v) is 17.2. The van der Waals surface area contributed by atoms with E-state index in [1.54, 1.807) is 26.0 Å². The number of nitrogens with one attached hydrogen (secondary N) is 1. The van der Waals surface area contributed by atoms with E-state index in [0.717, 1.165) is 16.9 Å². The zero-order valence-electron chi connectivity index (χ0n) is 16.3. The number of benzene rings is 1. The highest BCUT2D eigenvalue weighted by Crippen LogP contribution is 2.24. The van der Waals surface area contributed by atoms with Crippen LogP contribution in [-0.2, 0) is 4.74 Å². The van der Waals surface area contributed by atoms with Crippen molar-refractivity contribution in [2.45, 2.75) is 26.9 Å². The minimum Gasteiger partial charge on any atom is -0.470 e. The molecule has 150 valence electrons. The van der Waals surface area contributed by atoms with Crippen LogP contribution in [0.3, 0.4) is 0 Å². The van der Waals surface area contributed by atoms with Gasteiger partial charge in [0.15, 0.2) is 5.13 Å². The molecule has 0 aliphatic rings. The maximum Gasteiger partial charge on any atom is 0.350 e. The van der Waals surface area contributed by atoms with Crippen molar-refractivity contribution in [3.8, 4) is 5.88 Å². The van der Waals surface area contributed by atoms with Gasteiger partial charge in [0.25, 0.3) is 5.91 Å². The predicted octanol–water partition coefficient (Wildman–Crippen LogP) is 4.42. The van der Waals surface area contributed by atoms with Crippen molar-refractivity contribution in [2.24, 2.45) is 0 Å². The summed E-state index contributed by atoms with van der Waals surface area (Å²) in [6.45, 7) is 5.64. The lowest BCUT2D eigenvalue weighted by molar-refractivity contribution is 0.0531. The molecule has 0 aliphatic heterocycles. The third-order valence-corrected chi connectivity index (χ3v) is 5.10. The molecule has 0 radical (unpaired) electrons. The molecular weight excluding hydrogens is 390 g/mol. The summed E-state index contributed by atoms with van der Waals surface area (Å²) in [6.07, 6.45) is 1.28. The maximum atomic E-state index is 12.4. The Morgan fingerprint density at radius 2 is 1.93 bits per heavy atom. The molecular formula is C21H21N3O4S. The molecule has 3 aromatic rings. The average Bonchev–Trinajstić information content (AvgIpc) is 3.09. The average molecular weight is 411 g/mol. The number of carbonyl (C=O) groups excluding carboxylic acids is 2. The molecule has 2 aromatic heterocycles. The molecule has 29 heavy (non-hydrogen) atoms. The summed E-state index contributed by atoms with van der Waals surface area (Å²) >= 11 is 1.08. The highest BCUT2D eigenvalue weighted by Gasteiger charge is 2.18. The fourth-order valence-corrected chi connectivity index (χ4v) is 3.42. The van der Waals surface area contributed by atoms with Gasteiger partial charge in [-0.1, -0.05) is 41.7 Å². The summed E-state index contributed by atoms with van der Waals surface area (Å²) in [7, 11) is 0. The number of aromatic nitrogens is 2. The molecule has 7 nitrogen and oxygen atoms in total. The lowest BCUT2D eigenvalue weighted by atomic mass is 10.1. The van der Waals surface area contributed by atoms with Crippen LogP contribution in [0.2, 0.25) is 0 Å². The fourth-order valence-electron chi connectivity index (χ4n) is 2.56. The molecule has 0 saturated heterocycles. The van der Waals surface area contributed by atoms with Gasteiger partial charge in [0, 0.05) is 12.3 Å². The molecule has 0 saturated carbocycles. The number of pyridine rings is 1. The van der Waals surface area contributed by atoms with Crippen LogP contribution in [0.25, 0.3) is 0 Å².